The van der Waals surface area contributed by atoms with Crippen LogP contribution in [0.2, 0.25) is 0 Å². The minimum absolute atomic E-state index is 0.121. The fourth-order valence-corrected chi connectivity index (χ4v) is 1.85. The lowest BCUT2D eigenvalue weighted by Gasteiger charge is -2.12. The number of nitrogens with one attached hydrogen (secondary N) is 1. The van der Waals surface area contributed by atoms with Crippen molar-refractivity contribution in [2.24, 2.45) is 0 Å². The Bertz CT molecular complexity index is 610. The summed E-state index contributed by atoms with van der Waals surface area (Å²) in [6.07, 6.45) is -0.0152. The van der Waals surface area contributed by atoms with Crippen LogP contribution in [0.1, 0.15) is 22.0 Å². The molecule has 0 saturated carbocycles. The first-order valence-corrected chi connectivity index (χ1v) is 6.87. The van der Waals surface area contributed by atoms with Crippen molar-refractivity contribution in [2.75, 3.05) is 13.2 Å². The van der Waals surface area contributed by atoms with Crippen molar-refractivity contribution < 1.29 is 19.4 Å². The second-order valence-corrected chi connectivity index (χ2v) is 4.71. The van der Waals surface area contributed by atoms with Gasteiger partial charge in [-0.05, 0) is 29.8 Å². The number of rotatable bonds is 7. The molecule has 0 heterocycles. The zero-order valence-corrected chi connectivity index (χ0v) is 11.9. The number of ether oxygens (including phenoxy) is 1. The molecule has 0 aromatic heterocycles. The molecule has 0 fully saturated rings. The zero-order valence-electron chi connectivity index (χ0n) is 11.9. The summed E-state index contributed by atoms with van der Waals surface area (Å²) in [5, 5.41) is 12.5. The van der Waals surface area contributed by atoms with Crippen LogP contribution in [0.15, 0.2) is 54.6 Å². The molecule has 0 saturated heterocycles. The molecule has 0 aliphatic heterocycles. The molecule has 2 rings (SSSR count). The first-order chi connectivity index (χ1) is 10.7. The van der Waals surface area contributed by atoms with Gasteiger partial charge in [-0.15, -0.1) is 0 Å². The van der Waals surface area contributed by atoms with Gasteiger partial charge in [0.1, 0.15) is 12.0 Å². The predicted molar refractivity (Wildman–Crippen MR) is 81.7 cm³/mol. The number of benzene rings is 2. The van der Waals surface area contributed by atoms with Crippen LogP contribution in [0.25, 0.3) is 0 Å². The van der Waals surface area contributed by atoms with Gasteiger partial charge in [-0.3, -0.25) is 9.59 Å². The van der Waals surface area contributed by atoms with Gasteiger partial charge in [-0.25, -0.2) is 0 Å². The van der Waals surface area contributed by atoms with Crippen molar-refractivity contribution >= 4 is 12.2 Å². The standard InChI is InChI=1S/C17H17NO4/c19-11-13-6-8-15(9-7-13)22-12-17(21)18-10-16(20)14-4-2-1-3-5-14/h1-9,11,16,20H,10,12H2,(H,18,21). The lowest BCUT2D eigenvalue weighted by molar-refractivity contribution is -0.123. The zero-order chi connectivity index (χ0) is 15.8. The Morgan fingerprint density at radius 2 is 1.82 bits per heavy atom. The highest BCUT2D eigenvalue weighted by Crippen LogP contribution is 2.12. The summed E-state index contributed by atoms with van der Waals surface area (Å²) in [5.41, 5.74) is 1.29. The molecule has 2 N–H and O–H groups in total. The number of aliphatic hydroxyl groups excluding tert-OH is 1. The number of aldehydes is 1. The third kappa shape index (κ3) is 4.71. The normalized spacial score (nSPS) is 11.5. The molecule has 0 aliphatic carbocycles. The number of hydrogen-bond acceptors (Lipinski definition) is 4. The van der Waals surface area contributed by atoms with Crippen LogP contribution in [0.4, 0.5) is 0 Å². The first-order valence-electron chi connectivity index (χ1n) is 6.87. The van der Waals surface area contributed by atoms with E-state index < -0.39 is 6.10 Å². The maximum absolute atomic E-state index is 11.7. The van der Waals surface area contributed by atoms with E-state index in [0.717, 1.165) is 11.8 Å². The molecule has 114 valence electrons. The summed E-state index contributed by atoms with van der Waals surface area (Å²) in [5.74, 6) is 0.179. The molecule has 5 heteroatoms. The minimum atomic E-state index is -0.753. The highest BCUT2D eigenvalue weighted by molar-refractivity contribution is 5.77. The van der Waals surface area contributed by atoms with E-state index in [2.05, 4.69) is 5.32 Å². The summed E-state index contributed by atoms with van der Waals surface area (Å²) in [7, 11) is 0. The van der Waals surface area contributed by atoms with E-state index in [1.807, 2.05) is 18.2 Å². The monoisotopic (exact) mass is 299 g/mol. The van der Waals surface area contributed by atoms with Crippen LogP contribution in [0.5, 0.6) is 5.75 Å². The first kappa shape index (κ1) is 15.7. The van der Waals surface area contributed by atoms with Gasteiger partial charge in [-0.1, -0.05) is 30.3 Å². The highest BCUT2D eigenvalue weighted by atomic mass is 16.5. The summed E-state index contributed by atoms with van der Waals surface area (Å²) >= 11 is 0. The molecule has 1 amide bonds. The molecular formula is C17H17NO4. The van der Waals surface area contributed by atoms with Crippen molar-refractivity contribution in [3.63, 3.8) is 0 Å². The number of amides is 1. The Morgan fingerprint density at radius 1 is 1.14 bits per heavy atom. The summed E-state index contributed by atoms with van der Waals surface area (Å²) in [6, 6.07) is 15.6. The Hall–Kier alpha value is -2.66. The van der Waals surface area contributed by atoms with Crippen LogP contribution < -0.4 is 10.1 Å². The number of carbonyl (C=O) groups excluding carboxylic acids is 2. The Labute approximate surface area is 128 Å². The Balaban J connectivity index is 1.74. The van der Waals surface area contributed by atoms with Crippen molar-refractivity contribution in [3.8, 4) is 5.75 Å². The lowest BCUT2D eigenvalue weighted by Crippen LogP contribution is -2.32. The highest BCUT2D eigenvalue weighted by Gasteiger charge is 2.09. The van der Waals surface area contributed by atoms with Crippen molar-refractivity contribution in [3.05, 3.63) is 65.7 Å². The maximum Gasteiger partial charge on any atom is 0.258 e. The Morgan fingerprint density at radius 3 is 2.45 bits per heavy atom. The van der Waals surface area contributed by atoms with Gasteiger partial charge in [0.15, 0.2) is 6.61 Å². The van der Waals surface area contributed by atoms with E-state index in [0.29, 0.717) is 11.3 Å². The van der Waals surface area contributed by atoms with E-state index in [9.17, 15) is 14.7 Å². The van der Waals surface area contributed by atoms with Crippen LogP contribution in [0, 0.1) is 0 Å². The molecule has 1 atom stereocenters. The van der Waals surface area contributed by atoms with E-state index in [1.165, 1.54) is 0 Å². The van der Waals surface area contributed by atoms with E-state index in [1.54, 1.807) is 36.4 Å². The predicted octanol–water partition coefficient (Wildman–Crippen LogP) is 1.73. The maximum atomic E-state index is 11.7. The fourth-order valence-electron chi connectivity index (χ4n) is 1.85. The van der Waals surface area contributed by atoms with Gasteiger partial charge >= 0.3 is 0 Å². The fraction of sp³-hybridized carbons (Fsp3) is 0.176. The SMILES string of the molecule is O=Cc1ccc(OCC(=O)NCC(O)c2ccccc2)cc1. The smallest absolute Gasteiger partial charge is 0.258 e. The summed E-state index contributed by atoms with van der Waals surface area (Å²) in [6.45, 7) is -0.0295. The topological polar surface area (TPSA) is 75.6 Å². The quantitative estimate of drug-likeness (QED) is 0.763. The van der Waals surface area contributed by atoms with Gasteiger partial charge in [0.05, 0.1) is 6.10 Å². The number of hydrogen-bond donors (Lipinski definition) is 2. The summed E-state index contributed by atoms with van der Waals surface area (Å²) in [4.78, 5) is 22.2. The average molecular weight is 299 g/mol. The molecule has 0 radical (unpaired) electrons. The molecule has 0 spiro atoms. The van der Waals surface area contributed by atoms with E-state index in [4.69, 9.17) is 4.74 Å². The van der Waals surface area contributed by atoms with Crippen LogP contribution in [0.3, 0.4) is 0 Å². The third-order valence-electron chi connectivity index (χ3n) is 3.06. The lowest BCUT2D eigenvalue weighted by atomic mass is 10.1. The number of carbonyl (C=O) groups is 2. The van der Waals surface area contributed by atoms with E-state index >= 15 is 0 Å². The van der Waals surface area contributed by atoms with Gasteiger partial charge in [-0.2, -0.15) is 0 Å². The van der Waals surface area contributed by atoms with Crippen molar-refractivity contribution in [1.82, 2.24) is 5.32 Å². The minimum Gasteiger partial charge on any atom is -0.484 e. The largest absolute Gasteiger partial charge is 0.484 e. The molecule has 2 aromatic carbocycles. The average Bonchev–Trinajstić information content (AvgIpc) is 2.59. The molecule has 22 heavy (non-hydrogen) atoms. The molecular weight excluding hydrogens is 282 g/mol. The molecule has 1 unspecified atom stereocenters. The van der Waals surface area contributed by atoms with Gasteiger partial charge < -0.3 is 15.2 Å². The number of aliphatic hydroxyl groups is 1. The van der Waals surface area contributed by atoms with Crippen LogP contribution >= 0.6 is 0 Å². The van der Waals surface area contributed by atoms with Crippen LogP contribution in [-0.2, 0) is 4.79 Å². The van der Waals surface area contributed by atoms with Gasteiger partial charge in [0.25, 0.3) is 5.91 Å². The Kier molecular flexibility index (Phi) is 5.68. The van der Waals surface area contributed by atoms with Gasteiger partial charge in [0.2, 0.25) is 0 Å². The van der Waals surface area contributed by atoms with E-state index in [-0.39, 0.29) is 19.1 Å². The summed E-state index contributed by atoms with van der Waals surface area (Å²) < 4.78 is 5.30. The molecule has 0 aliphatic rings. The molecule has 5 nitrogen and oxygen atoms in total. The second-order valence-electron chi connectivity index (χ2n) is 4.71. The second kappa shape index (κ2) is 7.95. The van der Waals surface area contributed by atoms with Gasteiger partial charge in [0, 0.05) is 12.1 Å². The third-order valence-corrected chi connectivity index (χ3v) is 3.06. The van der Waals surface area contributed by atoms with Crippen molar-refractivity contribution in [2.45, 2.75) is 6.10 Å². The van der Waals surface area contributed by atoms with Crippen molar-refractivity contribution in [1.29, 1.82) is 0 Å². The molecule has 2 aromatic rings. The molecule has 0 bridgehead atoms. The van der Waals surface area contributed by atoms with Crippen LogP contribution in [-0.4, -0.2) is 30.5 Å².